The molecule has 0 aromatic heterocycles. The molecule has 0 bridgehead atoms. The minimum Gasteiger partial charge on any atom is -0.376 e. The molecule has 1 aromatic rings. The molecular weight excluding hydrogens is 306 g/mol. The van der Waals surface area contributed by atoms with E-state index in [0.717, 1.165) is 32.5 Å². The topological polar surface area (TPSA) is 62.8 Å². The molecule has 2 aliphatic rings. The van der Waals surface area contributed by atoms with Gasteiger partial charge in [0.2, 0.25) is 0 Å². The van der Waals surface area contributed by atoms with Gasteiger partial charge in [0.1, 0.15) is 5.60 Å². The van der Waals surface area contributed by atoms with Crippen LogP contribution in [0.5, 0.6) is 0 Å². The average Bonchev–Trinajstić information content (AvgIpc) is 2.65. The Morgan fingerprint density at radius 1 is 1.25 bits per heavy atom. The summed E-state index contributed by atoms with van der Waals surface area (Å²) >= 11 is 0. The molecule has 2 aliphatic heterocycles. The fourth-order valence-corrected chi connectivity index (χ4v) is 3.52. The quantitative estimate of drug-likeness (QED) is 0.872. The molecule has 0 radical (unpaired) electrons. The Balaban J connectivity index is 1.62. The van der Waals surface area contributed by atoms with E-state index in [2.05, 4.69) is 39.8 Å². The van der Waals surface area contributed by atoms with Gasteiger partial charge in [-0.3, -0.25) is 4.90 Å². The Kier molecular flexibility index (Phi) is 5.71. The lowest BCUT2D eigenvalue weighted by Crippen LogP contribution is -2.53. The second kappa shape index (κ2) is 7.96. The summed E-state index contributed by atoms with van der Waals surface area (Å²) in [4.78, 5) is 13.9. The molecule has 6 nitrogen and oxygen atoms in total. The number of urea groups is 1. The first-order valence-electron chi connectivity index (χ1n) is 8.70. The number of hydrogen-bond acceptors (Lipinski definition) is 4. The van der Waals surface area contributed by atoms with E-state index in [9.17, 15) is 4.79 Å². The van der Waals surface area contributed by atoms with Gasteiger partial charge >= 0.3 is 6.03 Å². The smallest absolute Gasteiger partial charge is 0.314 e. The summed E-state index contributed by atoms with van der Waals surface area (Å²) in [5.74, 6) is 0. The SMILES string of the molecule is CNC(=O)NC1CCN(CC2(c3ccccc3)COCCO2)CC1. The van der Waals surface area contributed by atoms with Crippen molar-refractivity contribution in [3.05, 3.63) is 35.9 Å². The summed E-state index contributed by atoms with van der Waals surface area (Å²) in [6.07, 6.45) is 1.91. The zero-order valence-corrected chi connectivity index (χ0v) is 14.3. The van der Waals surface area contributed by atoms with Crippen LogP contribution in [0, 0.1) is 0 Å². The van der Waals surface area contributed by atoms with E-state index in [-0.39, 0.29) is 17.7 Å². The van der Waals surface area contributed by atoms with Crippen LogP contribution in [0.25, 0.3) is 0 Å². The molecule has 1 unspecified atom stereocenters. The minimum atomic E-state index is -0.388. The number of nitrogens with zero attached hydrogens (tertiary/aromatic N) is 1. The number of nitrogens with one attached hydrogen (secondary N) is 2. The fourth-order valence-electron chi connectivity index (χ4n) is 3.52. The van der Waals surface area contributed by atoms with Crippen LogP contribution in [0.1, 0.15) is 18.4 Å². The summed E-state index contributed by atoms with van der Waals surface area (Å²) in [6, 6.07) is 10.5. The average molecular weight is 333 g/mol. The van der Waals surface area contributed by atoms with Gasteiger partial charge in [0.25, 0.3) is 0 Å². The Hall–Kier alpha value is -1.63. The molecule has 2 heterocycles. The molecule has 6 heteroatoms. The summed E-state index contributed by atoms with van der Waals surface area (Å²) in [7, 11) is 1.65. The van der Waals surface area contributed by atoms with Crippen molar-refractivity contribution in [2.24, 2.45) is 0 Å². The molecule has 2 saturated heterocycles. The van der Waals surface area contributed by atoms with E-state index in [1.165, 1.54) is 5.56 Å². The summed E-state index contributed by atoms with van der Waals surface area (Å²) in [6.45, 7) is 4.60. The normalized spacial score (nSPS) is 26.0. The molecule has 24 heavy (non-hydrogen) atoms. The van der Waals surface area contributed by atoms with Crippen molar-refractivity contribution in [2.45, 2.75) is 24.5 Å². The van der Waals surface area contributed by atoms with Crippen LogP contribution in [-0.2, 0) is 15.1 Å². The first-order valence-corrected chi connectivity index (χ1v) is 8.70. The molecule has 1 aromatic carbocycles. The third-order valence-corrected chi connectivity index (χ3v) is 4.87. The minimum absolute atomic E-state index is 0.0989. The highest BCUT2D eigenvalue weighted by Crippen LogP contribution is 2.31. The molecule has 0 aliphatic carbocycles. The van der Waals surface area contributed by atoms with E-state index >= 15 is 0 Å². The second-order valence-electron chi connectivity index (χ2n) is 6.54. The molecule has 0 saturated carbocycles. The Morgan fingerprint density at radius 2 is 2.00 bits per heavy atom. The molecule has 2 fully saturated rings. The van der Waals surface area contributed by atoms with E-state index in [0.29, 0.717) is 19.8 Å². The van der Waals surface area contributed by atoms with Gasteiger partial charge in [-0.15, -0.1) is 0 Å². The summed E-state index contributed by atoms with van der Waals surface area (Å²) < 4.78 is 12.0. The second-order valence-corrected chi connectivity index (χ2v) is 6.54. The van der Waals surface area contributed by atoms with E-state index in [1.54, 1.807) is 7.05 Å². The van der Waals surface area contributed by atoms with Crippen molar-refractivity contribution < 1.29 is 14.3 Å². The number of hydrogen-bond donors (Lipinski definition) is 2. The van der Waals surface area contributed by atoms with Gasteiger partial charge in [0.15, 0.2) is 0 Å². The number of carbonyl (C=O) groups excluding carboxylic acids is 1. The van der Waals surface area contributed by atoms with Gasteiger partial charge in [-0.1, -0.05) is 30.3 Å². The Bertz CT molecular complexity index is 524. The maximum Gasteiger partial charge on any atom is 0.314 e. The van der Waals surface area contributed by atoms with Gasteiger partial charge < -0.3 is 20.1 Å². The molecule has 0 spiro atoms. The summed E-state index contributed by atoms with van der Waals surface area (Å²) in [5.41, 5.74) is 0.788. The number of likely N-dealkylation sites (tertiary alicyclic amines) is 1. The van der Waals surface area contributed by atoms with Crippen molar-refractivity contribution >= 4 is 6.03 Å². The standard InChI is InChI=1S/C18H27N3O3/c1-19-17(22)20-16-7-9-21(10-8-16)13-18(14-23-11-12-24-18)15-5-3-2-4-6-15/h2-6,16H,7-14H2,1H3,(H2,19,20,22). The first kappa shape index (κ1) is 17.2. The lowest BCUT2D eigenvalue weighted by atomic mass is 9.91. The number of ether oxygens (including phenoxy) is 2. The maximum atomic E-state index is 11.4. The third-order valence-electron chi connectivity index (χ3n) is 4.87. The molecule has 1 atom stereocenters. The highest BCUT2D eigenvalue weighted by atomic mass is 16.6. The van der Waals surface area contributed by atoms with E-state index in [1.807, 2.05) is 6.07 Å². The third kappa shape index (κ3) is 4.06. The number of rotatable bonds is 4. The number of carbonyl (C=O) groups is 1. The van der Waals surface area contributed by atoms with Crippen LogP contribution in [0.4, 0.5) is 4.79 Å². The highest BCUT2D eigenvalue weighted by Gasteiger charge is 2.38. The van der Waals surface area contributed by atoms with Gasteiger partial charge in [0, 0.05) is 32.7 Å². The largest absolute Gasteiger partial charge is 0.376 e. The van der Waals surface area contributed by atoms with E-state index in [4.69, 9.17) is 9.47 Å². The molecule has 2 N–H and O–H groups in total. The van der Waals surface area contributed by atoms with Crippen LogP contribution in [-0.4, -0.2) is 63.5 Å². The first-order chi connectivity index (χ1) is 11.7. The predicted octanol–water partition coefficient (Wildman–Crippen LogP) is 1.32. The zero-order chi connectivity index (χ0) is 16.8. The molecule has 2 amide bonds. The van der Waals surface area contributed by atoms with Crippen molar-refractivity contribution in [1.29, 1.82) is 0 Å². The van der Waals surface area contributed by atoms with Gasteiger partial charge in [-0.25, -0.2) is 4.79 Å². The van der Waals surface area contributed by atoms with Gasteiger partial charge in [-0.05, 0) is 18.4 Å². The summed E-state index contributed by atoms with van der Waals surface area (Å²) in [5, 5.41) is 5.62. The maximum absolute atomic E-state index is 11.4. The number of benzene rings is 1. The van der Waals surface area contributed by atoms with Crippen molar-refractivity contribution in [1.82, 2.24) is 15.5 Å². The Morgan fingerprint density at radius 3 is 2.62 bits per heavy atom. The molecule has 3 rings (SSSR count). The lowest BCUT2D eigenvalue weighted by Gasteiger charge is -2.43. The van der Waals surface area contributed by atoms with Crippen LogP contribution in [0.2, 0.25) is 0 Å². The van der Waals surface area contributed by atoms with Crippen molar-refractivity contribution in [2.75, 3.05) is 46.5 Å². The lowest BCUT2D eigenvalue weighted by molar-refractivity contribution is -0.173. The predicted molar refractivity (Wildman–Crippen MR) is 91.9 cm³/mol. The highest BCUT2D eigenvalue weighted by molar-refractivity contribution is 5.73. The fraction of sp³-hybridized carbons (Fsp3) is 0.611. The van der Waals surface area contributed by atoms with Crippen LogP contribution in [0.15, 0.2) is 30.3 Å². The van der Waals surface area contributed by atoms with Crippen LogP contribution >= 0.6 is 0 Å². The monoisotopic (exact) mass is 333 g/mol. The van der Waals surface area contributed by atoms with Crippen molar-refractivity contribution in [3.8, 4) is 0 Å². The van der Waals surface area contributed by atoms with Gasteiger partial charge in [0.05, 0.1) is 19.8 Å². The van der Waals surface area contributed by atoms with Gasteiger partial charge in [-0.2, -0.15) is 0 Å². The molecular formula is C18H27N3O3. The zero-order valence-electron chi connectivity index (χ0n) is 14.3. The molecule has 132 valence electrons. The van der Waals surface area contributed by atoms with Crippen LogP contribution < -0.4 is 10.6 Å². The van der Waals surface area contributed by atoms with E-state index < -0.39 is 0 Å². The van der Waals surface area contributed by atoms with Crippen LogP contribution in [0.3, 0.4) is 0 Å². The Labute approximate surface area is 143 Å². The van der Waals surface area contributed by atoms with Crippen molar-refractivity contribution in [3.63, 3.8) is 0 Å². The number of piperidine rings is 1. The number of amides is 2.